The molecule has 0 amide bonds. The molecule has 9 nitrogen and oxygen atoms in total. The van der Waals surface area contributed by atoms with Crippen molar-refractivity contribution in [3.05, 3.63) is 60.8 Å². The fourth-order valence-electron chi connectivity index (χ4n) is 8.87. The van der Waals surface area contributed by atoms with Crippen molar-refractivity contribution in [2.24, 2.45) is 0 Å². The summed E-state index contributed by atoms with van der Waals surface area (Å²) in [5, 5.41) is 11.8. The molecule has 0 bridgehead atoms. The molecule has 0 heterocycles. The second-order valence-electron chi connectivity index (χ2n) is 22.3. The van der Waals surface area contributed by atoms with Gasteiger partial charge in [0.15, 0.2) is 12.4 Å². The number of hydrogen-bond acceptors (Lipinski definition) is 8. The molecule has 2 atom stereocenters. The molecule has 0 radical (unpaired) electrons. The van der Waals surface area contributed by atoms with Crippen LogP contribution in [0.2, 0.25) is 0 Å². The number of carbonyl (C=O) groups excluding carboxylic acids is 3. The molecule has 0 rings (SSSR count). The summed E-state index contributed by atoms with van der Waals surface area (Å²) in [6.45, 7) is 4.75. The summed E-state index contributed by atoms with van der Waals surface area (Å²) in [6, 6.07) is 0. The molecule has 2 unspecified atom stereocenters. The number of nitrogens with zero attached hydrogens (tertiary/aromatic N) is 1. The first-order valence-corrected chi connectivity index (χ1v) is 31.4. The standard InChI is InChI=1S/C66H119NO8/c1-6-8-10-12-14-16-18-20-22-24-26-28-30-31-32-33-35-36-38-40-42-44-46-48-50-52-54-56-63(68)73-60-62(61-74-66(65(70)71)72-59-58-67(3,4)5)75-64(69)57-55-53-51-49-47-45-43-41-39-37-34-29-27-25-23-21-19-17-15-13-11-9-7-2/h18-21,24-27,34,37,62,66H,6-17,22-23,28-33,35-36,38-61H2,1-5H3/b20-18-,21-19-,26-24-,27-25-,37-34-. The Hall–Kier alpha value is -3.01. The Morgan fingerprint density at radius 3 is 1.07 bits per heavy atom. The average Bonchev–Trinajstić information content (AvgIpc) is 3.38. The van der Waals surface area contributed by atoms with Gasteiger partial charge in [0.1, 0.15) is 13.2 Å². The van der Waals surface area contributed by atoms with Crippen LogP contribution in [0.4, 0.5) is 0 Å². The van der Waals surface area contributed by atoms with Crippen molar-refractivity contribution in [3.63, 3.8) is 0 Å². The first kappa shape index (κ1) is 72.0. The summed E-state index contributed by atoms with van der Waals surface area (Å²) < 4.78 is 22.7. The molecule has 75 heavy (non-hydrogen) atoms. The monoisotopic (exact) mass is 1050 g/mol. The third-order valence-electron chi connectivity index (χ3n) is 13.7. The number of carboxylic acid groups (broad SMARTS) is 1. The molecule has 436 valence electrons. The maximum absolute atomic E-state index is 12.9. The smallest absolute Gasteiger partial charge is 0.306 e. The molecular formula is C66H119NO8. The quantitative estimate of drug-likeness (QED) is 0.0195. The van der Waals surface area contributed by atoms with Crippen LogP contribution in [0, 0.1) is 0 Å². The number of unbranched alkanes of at least 4 members (excludes halogenated alkanes) is 33. The van der Waals surface area contributed by atoms with Crippen molar-refractivity contribution in [2.45, 2.75) is 296 Å². The summed E-state index contributed by atoms with van der Waals surface area (Å²) in [5.41, 5.74) is 0. The number of likely N-dealkylation sites (N-methyl/N-ethyl adjacent to an activating group) is 1. The van der Waals surface area contributed by atoms with E-state index >= 15 is 0 Å². The number of aliphatic carboxylic acids is 1. The van der Waals surface area contributed by atoms with E-state index in [2.05, 4.69) is 74.6 Å². The molecule has 0 saturated carbocycles. The van der Waals surface area contributed by atoms with Crippen LogP contribution in [0.1, 0.15) is 284 Å². The van der Waals surface area contributed by atoms with E-state index in [0.29, 0.717) is 17.4 Å². The third-order valence-corrected chi connectivity index (χ3v) is 13.7. The fourth-order valence-corrected chi connectivity index (χ4v) is 8.87. The summed E-state index contributed by atoms with van der Waals surface area (Å²) in [6.07, 6.45) is 69.9. The average molecular weight is 1050 g/mol. The molecule has 0 aromatic rings. The number of allylic oxidation sites excluding steroid dienone is 10. The van der Waals surface area contributed by atoms with E-state index in [1.165, 1.54) is 186 Å². The van der Waals surface area contributed by atoms with Gasteiger partial charge in [0.05, 0.1) is 40.3 Å². The van der Waals surface area contributed by atoms with E-state index in [4.69, 9.17) is 18.9 Å². The third kappa shape index (κ3) is 58.5. The van der Waals surface area contributed by atoms with Gasteiger partial charge in [0.25, 0.3) is 0 Å². The van der Waals surface area contributed by atoms with Gasteiger partial charge < -0.3 is 33.3 Å². The van der Waals surface area contributed by atoms with Crippen molar-refractivity contribution in [2.75, 3.05) is 47.5 Å². The number of carbonyl (C=O) groups is 3. The number of esters is 2. The molecule has 0 spiro atoms. The van der Waals surface area contributed by atoms with Crippen molar-refractivity contribution >= 4 is 17.9 Å². The van der Waals surface area contributed by atoms with E-state index in [9.17, 15) is 19.5 Å². The Labute approximate surface area is 463 Å². The Bertz CT molecular complexity index is 1410. The molecule has 0 N–H and O–H groups in total. The highest BCUT2D eigenvalue weighted by Crippen LogP contribution is 2.16. The van der Waals surface area contributed by atoms with E-state index in [1.54, 1.807) is 0 Å². The first-order chi connectivity index (χ1) is 36.6. The summed E-state index contributed by atoms with van der Waals surface area (Å²) in [4.78, 5) is 37.4. The minimum Gasteiger partial charge on any atom is -0.545 e. The number of ether oxygens (including phenoxy) is 4. The lowest BCUT2D eigenvalue weighted by molar-refractivity contribution is -0.870. The van der Waals surface area contributed by atoms with Crippen LogP contribution < -0.4 is 5.11 Å². The lowest BCUT2D eigenvalue weighted by Gasteiger charge is -2.26. The molecule has 0 aliphatic heterocycles. The van der Waals surface area contributed by atoms with Crippen LogP contribution in [0.3, 0.4) is 0 Å². The van der Waals surface area contributed by atoms with Crippen molar-refractivity contribution in [1.82, 2.24) is 0 Å². The Morgan fingerprint density at radius 1 is 0.400 bits per heavy atom. The number of carboxylic acids is 1. The van der Waals surface area contributed by atoms with Crippen LogP contribution in [0.25, 0.3) is 0 Å². The summed E-state index contributed by atoms with van der Waals surface area (Å²) in [5.74, 6) is -2.28. The highest BCUT2D eigenvalue weighted by atomic mass is 16.7. The van der Waals surface area contributed by atoms with Gasteiger partial charge in [-0.1, -0.05) is 248 Å². The maximum atomic E-state index is 12.9. The SMILES string of the molecule is CCCCCCC/C=C\C/C=C\C/C=C\CCCCCCCCCCC(=O)OC(COC(=O)CCCCCCCCCCCCCCCCC/C=C\C/C=C\CCCCCCC)COC(OCC[N+](C)(C)C)C(=O)[O-]. The normalized spacial score (nSPS) is 13.1. The molecule has 0 aliphatic carbocycles. The molecule has 0 saturated heterocycles. The number of quaternary nitrogens is 1. The van der Waals surface area contributed by atoms with Gasteiger partial charge in [0.2, 0.25) is 0 Å². The topological polar surface area (TPSA) is 111 Å². The van der Waals surface area contributed by atoms with Crippen LogP contribution in [-0.2, 0) is 33.3 Å². The molecule has 0 aromatic carbocycles. The van der Waals surface area contributed by atoms with Crippen molar-refractivity contribution < 1.29 is 42.9 Å². The zero-order valence-electron chi connectivity index (χ0n) is 49.7. The summed E-state index contributed by atoms with van der Waals surface area (Å²) in [7, 11) is 5.92. The lowest BCUT2D eigenvalue weighted by Crippen LogP contribution is -2.44. The lowest BCUT2D eigenvalue weighted by atomic mass is 10.0. The predicted octanol–water partition coefficient (Wildman–Crippen LogP) is 17.5. The largest absolute Gasteiger partial charge is 0.545 e. The highest BCUT2D eigenvalue weighted by molar-refractivity contribution is 5.70. The van der Waals surface area contributed by atoms with Gasteiger partial charge in [0, 0.05) is 12.8 Å². The Morgan fingerprint density at radius 2 is 0.720 bits per heavy atom. The zero-order valence-corrected chi connectivity index (χ0v) is 49.7. The second kappa shape index (κ2) is 57.2. The molecule has 0 aliphatic rings. The van der Waals surface area contributed by atoms with E-state index in [-0.39, 0.29) is 38.6 Å². The number of hydrogen-bond donors (Lipinski definition) is 0. The summed E-state index contributed by atoms with van der Waals surface area (Å²) >= 11 is 0. The van der Waals surface area contributed by atoms with Crippen LogP contribution >= 0.6 is 0 Å². The van der Waals surface area contributed by atoms with Crippen molar-refractivity contribution in [1.29, 1.82) is 0 Å². The minimum absolute atomic E-state index is 0.145. The molecule has 0 aromatic heterocycles. The van der Waals surface area contributed by atoms with E-state index in [0.717, 1.165) is 64.2 Å². The predicted molar refractivity (Wildman–Crippen MR) is 315 cm³/mol. The van der Waals surface area contributed by atoms with Crippen LogP contribution in [-0.4, -0.2) is 82.3 Å². The van der Waals surface area contributed by atoms with Gasteiger partial charge >= 0.3 is 11.9 Å². The number of rotatable bonds is 58. The minimum atomic E-state index is -1.63. The van der Waals surface area contributed by atoms with Gasteiger partial charge in [-0.05, 0) is 83.5 Å². The second-order valence-corrected chi connectivity index (χ2v) is 22.3. The maximum Gasteiger partial charge on any atom is 0.306 e. The fraction of sp³-hybridized carbons (Fsp3) is 0.803. The first-order valence-electron chi connectivity index (χ1n) is 31.4. The highest BCUT2D eigenvalue weighted by Gasteiger charge is 2.22. The van der Waals surface area contributed by atoms with Gasteiger partial charge in [-0.3, -0.25) is 9.59 Å². The van der Waals surface area contributed by atoms with E-state index in [1.807, 2.05) is 21.1 Å². The van der Waals surface area contributed by atoms with Crippen LogP contribution in [0.15, 0.2) is 60.8 Å². The van der Waals surface area contributed by atoms with E-state index < -0.39 is 24.3 Å². The zero-order chi connectivity index (χ0) is 54.8. The van der Waals surface area contributed by atoms with Crippen LogP contribution in [0.5, 0.6) is 0 Å². The molecular weight excluding hydrogens is 935 g/mol. The Kier molecular flexibility index (Phi) is 54.9. The van der Waals surface area contributed by atoms with Gasteiger partial charge in [-0.25, -0.2) is 0 Å². The van der Waals surface area contributed by atoms with Gasteiger partial charge in [-0.2, -0.15) is 0 Å². The Balaban J connectivity index is 4.20. The molecule has 0 fully saturated rings. The van der Waals surface area contributed by atoms with Gasteiger partial charge in [-0.15, -0.1) is 0 Å². The molecule has 9 heteroatoms. The van der Waals surface area contributed by atoms with Crippen molar-refractivity contribution in [3.8, 4) is 0 Å².